The number of fused-ring (bicyclic) bond motifs is 1. The van der Waals surface area contributed by atoms with Crippen molar-refractivity contribution < 1.29 is 9.31 Å². The van der Waals surface area contributed by atoms with E-state index >= 15 is 0 Å². The van der Waals surface area contributed by atoms with Crippen LogP contribution < -0.4 is 0 Å². The predicted molar refractivity (Wildman–Crippen MR) is 57.0 cm³/mol. The van der Waals surface area contributed by atoms with Gasteiger partial charge in [-0.05, 0) is 12.5 Å². The van der Waals surface area contributed by atoms with Gasteiger partial charge in [0.15, 0.2) is 0 Å². The molecule has 1 aromatic heterocycles. The number of halogens is 1. The van der Waals surface area contributed by atoms with E-state index in [2.05, 4.69) is 5.10 Å². The molecule has 2 rings (SSSR count). The maximum atomic E-state index is 12.0. The lowest BCUT2D eigenvalue weighted by molar-refractivity contribution is -0.384. The predicted octanol–water partition coefficient (Wildman–Crippen LogP) is 2.30. The Bertz CT molecular complexity index is 524. The second kappa shape index (κ2) is 4.26. The summed E-state index contributed by atoms with van der Waals surface area (Å²) in [4.78, 5) is 10.1. The molecule has 1 aromatic carbocycles. The van der Waals surface area contributed by atoms with Crippen molar-refractivity contribution in [2.75, 3.05) is 6.67 Å². The van der Waals surface area contributed by atoms with Gasteiger partial charge in [-0.25, -0.2) is 0 Å². The van der Waals surface area contributed by atoms with Crippen molar-refractivity contribution in [3.63, 3.8) is 0 Å². The molecule has 0 aliphatic rings. The van der Waals surface area contributed by atoms with Gasteiger partial charge in [0.05, 0.1) is 23.3 Å². The van der Waals surface area contributed by atoms with E-state index in [4.69, 9.17) is 0 Å². The van der Waals surface area contributed by atoms with E-state index in [9.17, 15) is 14.5 Å². The number of hydrogen-bond donors (Lipinski definition) is 0. The third-order valence-corrected chi connectivity index (χ3v) is 2.34. The largest absolute Gasteiger partial charge is 0.270 e. The molecular weight excluding hydrogens is 213 g/mol. The first-order valence-corrected chi connectivity index (χ1v) is 4.88. The van der Waals surface area contributed by atoms with Crippen LogP contribution in [0.4, 0.5) is 10.1 Å². The van der Waals surface area contributed by atoms with Crippen LogP contribution in [-0.2, 0) is 6.54 Å². The monoisotopic (exact) mass is 223 g/mol. The molecular formula is C10H10FN3O2. The second-order valence-electron chi connectivity index (χ2n) is 3.41. The minimum atomic E-state index is -0.446. The Morgan fingerprint density at radius 1 is 1.50 bits per heavy atom. The molecule has 5 nitrogen and oxygen atoms in total. The van der Waals surface area contributed by atoms with Crippen LogP contribution in [0.25, 0.3) is 10.9 Å². The molecule has 6 heteroatoms. The fraction of sp³-hybridized carbons (Fsp3) is 0.300. The highest BCUT2D eigenvalue weighted by Crippen LogP contribution is 2.20. The summed E-state index contributed by atoms with van der Waals surface area (Å²) in [5, 5.41) is 15.3. The van der Waals surface area contributed by atoms with Crippen molar-refractivity contribution in [2.24, 2.45) is 0 Å². The second-order valence-corrected chi connectivity index (χ2v) is 3.41. The molecule has 2 aromatic rings. The first-order chi connectivity index (χ1) is 7.72. The molecule has 0 fully saturated rings. The topological polar surface area (TPSA) is 61.0 Å². The van der Waals surface area contributed by atoms with Crippen LogP contribution in [0.3, 0.4) is 0 Å². The molecule has 0 aliphatic heterocycles. The van der Waals surface area contributed by atoms with Crippen LogP contribution in [0.2, 0.25) is 0 Å². The summed E-state index contributed by atoms with van der Waals surface area (Å²) in [6, 6.07) is 4.53. The van der Waals surface area contributed by atoms with Gasteiger partial charge >= 0.3 is 0 Å². The zero-order chi connectivity index (χ0) is 11.5. The van der Waals surface area contributed by atoms with Gasteiger partial charge in [0.2, 0.25) is 0 Å². The summed E-state index contributed by atoms with van der Waals surface area (Å²) in [6.07, 6.45) is 1.95. The zero-order valence-corrected chi connectivity index (χ0v) is 8.47. The van der Waals surface area contributed by atoms with Crippen molar-refractivity contribution in [3.05, 3.63) is 34.5 Å². The zero-order valence-electron chi connectivity index (χ0n) is 8.47. The first-order valence-electron chi connectivity index (χ1n) is 4.88. The molecule has 1 heterocycles. The van der Waals surface area contributed by atoms with Crippen molar-refractivity contribution in [1.82, 2.24) is 9.78 Å². The molecule has 0 amide bonds. The maximum absolute atomic E-state index is 12.0. The van der Waals surface area contributed by atoms with Crippen molar-refractivity contribution in [1.29, 1.82) is 0 Å². The average molecular weight is 223 g/mol. The highest BCUT2D eigenvalue weighted by atomic mass is 19.1. The fourth-order valence-corrected chi connectivity index (χ4v) is 1.58. The number of rotatable bonds is 4. The lowest BCUT2D eigenvalue weighted by atomic mass is 10.2. The van der Waals surface area contributed by atoms with Gasteiger partial charge in [-0.15, -0.1) is 0 Å². The number of hydrogen-bond acceptors (Lipinski definition) is 3. The van der Waals surface area contributed by atoms with E-state index in [1.807, 2.05) is 0 Å². The highest BCUT2D eigenvalue weighted by Gasteiger charge is 2.09. The number of nitro groups is 1. The number of benzene rings is 1. The Hall–Kier alpha value is -1.98. The van der Waals surface area contributed by atoms with Crippen LogP contribution in [0.5, 0.6) is 0 Å². The van der Waals surface area contributed by atoms with Gasteiger partial charge in [0.1, 0.15) is 0 Å². The number of nitrogens with zero attached hydrogens (tertiary/aromatic N) is 3. The van der Waals surface area contributed by atoms with Crippen molar-refractivity contribution in [2.45, 2.75) is 13.0 Å². The molecule has 16 heavy (non-hydrogen) atoms. The Kier molecular flexibility index (Phi) is 2.80. The minimum Gasteiger partial charge on any atom is -0.265 e. The first kappa shape index (κ1) is 10.5. The van der Waals surface area contributed by atoms with Gasteiger partial charge in [0, 0.05) is 24.1 Å². The summed E-state index contributed by atoms with van der Waals surface area (Å²) in [7, 11) is 0. The molecule has 0 saturated carbocycles. The Morgan fingerprint density at radius 2 is 2.31 bits per heavy atom. The molecule has 0 aliphatic carbocycles. The third-order valence-electron chi connectivity index (χ3n) is 2.34. The number of nitro benzene ring substituents is 1. The number of alkyl halides is 1. The Balaban J connectivity index is 2.38. The van der Waals surface area contributed by atoms with E-state index < -0.39 is 11.6 Å². The van der Waals surface area contributed by atoms with Crippen LogP contribution in [0.1, 0.15) is 6.42 Å². The van der Waals surface area contributed by atoms with E-state index in [1.165, 1.54) is 12.1 Å². The minimum absolute atomic E-state index is 0.0394. The summed E-state index contributed by atoms with van der Waals surface area (Å²) < 4.78 is 13.7. The molecule has 84 valence electrons. The van der Waals surface area contributed by atoms with E-state index in [0.717, 1.165) is 5.52 Å². The molecule has 0 N–H and O–H groups in total. The molecule has 0 radical (unpaired) electrons. The quantitative estimate of drug-likeness (QED) is 0.590. The summed E-state index contributed by atoms with van der Waals surface area (Å²) >= 11 is 0. The van der Waals surface area contributed by atoms with E-state index in [-0.39, 0.29) is 5.69 Å². The SMILES string of the molecule is O=[N+]([O-])c1ccc2c(cnn2CCCF)c1. The van der Waals surface area contributed by atoms with Gasteiger partial charge in [-0.3, -0.25) is 19.2 Å². The maximum Gasteiger partial charge on any atom is 0.270 e. The molecule has 0 saturated heterocycles. The lowest BCUT2D eigenvalue weighted by Crippen LogP contribution is -2.00. The number of aryl methyl sites for hydroxylation is 1. The molecule has 0 atom stereocenters. The van der Waals surface area contributed by atoms with E-state index in [1.54, 1.807) is 16.9 Å². The number of non-ortho nitro benzene ring substituents is 1. The third kappa shape index (κ3) is 1.86. The smallest absolute Gasteiger partial charge is 0.265 e. The lowest BCUT2D eigenvalue weighted by Gasteiger charge is -2.00. The fourth-order valence-electron chi connectivity index (χ4n) is 1.58. The van der Waals surface area contributed by atoms with Gasteiger partial charge < -0.3 is 0 Å². The standard InChI is InChI=1S/C10H10FN3O2/c11-4-1-5-13-10-3-2-9(14(15)16)6-8(10)7-12-13/h2-3,6-7H,1,4-5H2. The summed E-state index contributed by atoms with van der Waals surface area (Å²) in [5.41, 5.74) is 0.830. The molecule has 0 bridgehead atoms. The Labute approximate surface area is 90.6 Å². The van der Waals surface area contributed by atoms with Crippen LogP contribution in [-0.4, -0.2) is 21.4 Å². The van der Waals surface area contributed by atoms with Gasteiger partial charge in [0.25, 0.3) is 5.69 Å². The normalized spacial score (nSPS) is 10.8. The molecule has 0 spiro atoms. The Morgan fingerprint density at radius 3 is 3.00 bits per heavy atom. The van der Waals surface area contributed by atoms with Crippen molar-refractivity contribution in [3.8, 4) is 0 Å². The van der Waals surface area contributed by atoms with Crippen molar-refractivity contribution >= 4 is 16.6 Å². The van der Waals surface area contributed by atoms with Gasteiger partial charge in [-0.1, -0.05) is 0 Å². The van der Waals surface area contributed by atoms with Crippen LogP contribution >= 0.6 is 0 Å². The molecule has 0 unspecified atom stereocenters. The number of aromatic nitrogens is 2. The highest BCUT2D eigenvalue weighted by molar-refractivity contribution is 5.81. The van der Waals surface area contributed by atoms with Crippen LogP contribution in [0.15, 0.2) is 24.4 Å². The average Bonchev–Trinajstić information content (AvgIpc) is 2.68. The van der Waals surface area contributed by atoms with E-state index in [0.29, 0.717) is 18.4 Å². The summed E-state index contributed by atoms with van der Waals surface area (Å²) in [6.45, 7) is 0.0894. The van der Waals surface area contributed by atoms with Gasteiger partial charge in [-0.2, -0.15) is 5.10 Å². The van der Waals surface area contributed by atoms with Crippen LogP contribution in [0, 0.1) is 10.1 Å². The summed E-state index contributed by atoms with van der Waals surface area (Å²) in [5.74, 6) is 0.